The third-order valence-corrected chi connectivity index (χ3v) is 6.64. The van der Waals surface area contributed by atoms with Crippen molar-refractivity contribution in [2.45, 2.75) is 37.0 Å². The molecule has 0 aromatic heterocycles. The molecule has 3 heteroatoms. The second-order valence-corrected chi connectivity index (χ2v) is 8.00. The first-order chi connectivity index (χ1) is 14.7. The van der Waals surface area contributed by atoms with E-state index in [9.17, 15) is 0 Å². The van der Waals surface area contributed by atoms with Crippen LogP contribution in [-0.2, 0) is 5.41 Å². The van der Waals surface area contributed by atoms with Crippen LogP contribution in [0.15, 0.2) is 72.8 Å². The van der Waals surface area contributed by atoms with Gasteiger partial charge in [-0.1, -0.05) is 49.2 Å². The molecule has 156 valence electrons. The number of hydrogen-bond acceptors (Lipinski definition) is 3. The number of benzene rings is 3. The van der Waals surface area contributed by atoms with Crippen molar-refractivity contribution in [1.29, 1.82) is 0 Å². The van der Waals surface area contributed by atoms with Gasteiger partial charge >= 0.3 is 0 Å². The fourth-order valence-corrected chi connectivity index (χ4v) is 5.09. The molecule has 1 unspecified atom stereocenters. The fourth-order valence-electron chi connectivity index (χ4n) is 5.09. The highest BCUT2D eigenvalue weighted by Crippen LogP contribution is 2.53. The van der Waals surface area contributed by atoms with Crippen LogP contribution in [0.2, 0.25) is 0 Å². The van der Waals surface area contributed by atoms with Gasteiger partial charge in [0.2, 0.25) is 0 Å². The molecule has 3 aromatic rings. The normalized spacial score (nSPS) is 17.9. The minimum Gasteiger partial charge on any atom is -0.497 e. The van der Waals surface area contributed by atoms with Crippen LogP contribution < -0.4 is 14.2 Å². The predicted octanol–water partition coefficient (Wildman–Crippen LogP) is 6.36. The summed E-state index contributed by atoms with van der Waals surface area (Å²) in [6.07, 6.45) is 4.72. The second-order valence-electron chi connectivity index (χ2n) is 8.00. The molecule has 0 aliphatic heterocycles. The summed E-state index contributed by atoms with van der Waals surface area (Å²) in [7, 11) is 5.15. The molecule has 0 spiro atoms. The second kappa shape index (κ2) is 8.83. The first-order valence-corrected chi connectivity index (χ1v) is 10.6. The summed E-state index contributed by atoms with van der Waals surface area (Å²) < 4.78 is 16.3. The Morgan fingerprint density at radius 3 is 1.47 bits per heavy atom. The molecular formula is C27H30O3. The molecule has 0 bridgehead atoms. The molecule has 1 saturated carbocycles. The number of rotatable bonds is 6. The van der Waals surface area contributed by atoms with Crippen molar-refractivity contribution in [3.05, 3.63) is 89.5 Å². The van der Waals surface area contributed by atoms with E-state index in [0.717, 1.165) is 30.1 Å². The highest BCUT2D eigenvalue weighted by atomic mass is 16.5. The van der Waals surface area contributed by atoms with Crippen molar-refractivity contribution in [1.82, 2.24) is 0 Å². The van der Waals surface area contributed by atoms with E-state index in [4.69, 9.17) is 14.2 Å². The van der Waals surface area contributed by atoms with Crippen molar-refractivity contribution in [2.24, 2.45) is 0 Å². The highest BCUT2D eigenvalue weighted by molar-refractivity contribution is 5.48. The van der Waals surface area contributed by atoms with Crippen LogP contribution in [0.1, 0.15) is 48.3 Å². The molecule has 0 saturated heterocycles. The van der Waals surface area contributed by atoms with Crippen molar-refractivity contribution in [3.8, 4) is 17.2 Å². The smallest absolute Gasteiger partial charge is 0.118 e. The lowest BCUT2D eigenvalue weighted by Crippen LogP contribution is -2.38. The van der Waals surface area contributed by atoms with Gasteiger partial charge in [0.25, 0.3) is 0 Å². The summed E-state index contributed by atoms with van der Waals surface area (Å²) >= 11 is 0. The van der Waals surface area contributed by atoms with E-state index in [-0.39, 0.29) is 5.41 Å². The minimum absolute atomic E-state index is 0.0919. The van der Waals surface area contributed by atoms with Crippen LogP contribution in [0.3, 0.4) is 0 Å². The van der Waals surface area contributed by atoms with Crippen molar-refractivity contribution in [2.75, 3.05) is 21.3 Å². The van der Waals surface area contributed by atoms with Gasteiger partial charge < -0.3 is 14.2 Å². The van der Waals surface area contributed by atoms with Crippen molar-refractivity contribution in [3.63, 3.8) is 0 Å². The van der Waals surface area contributed by atoms with Gasteiger partial charge in [-0.2, -0.15) is 0 Å². The Hall–Kier alpha value is -2.94. The quantitative estimate of drug-likeness (QED) is 0.480. The largest absolute Gasteiger partial charge is 0.497 e. The summed E-state index contributed by atoms with van der Waals surface area (Å²) in [5.41, 5.74) is 3.95. The zero-order valence-electron chi connectivity index (χ0n) is 18.1. The Balaban J connectivity index is 1.88. The first-order valence-electron chi connectivity index (χ1n) is 10.6. The summed E-state index contributed by atoms with van der Waals surface area (Å²) in [5.74, 6) is 3.06. The Morgan fingerprint density at radius 1 is 0.600 bits per heavy atom. The van der Waals surface area contributed by atoms with E-state index < -0.39 is 0 Å². The van der Waals surface area contributed by atoms with Crippen molar-refractivity contribution >= 4 is 0 Å². The average Bonchev–Trinajstić information content (AvgIpc) is 2.84. The van der Waals surface area contributed by atoms with E-state index >= 15 is 0 Å². The summed E-state index contributed by atoms with van der Waals surface area (Å²) in [5, 5.41) is 0. The Morgan fingerprint density at radius 2 is 1.03 bits per heavy atom. The van der Waals surface area contributed by atoms with Gasteiger partial charge in [0, 0.05) is 5.41 Å². The van der Waals surface area contributed by atoms with E-state index in [2.05, 4.69) is 72.8 Å². The highest BCUT2D eigenvalue weighted by Gasteiger charge is 2.44. The zero-order chi connectivity index (χ0) is 21.0. The van der Waals surface area contributed by atoms with E-state index in [0.29, 0.717) is 5.92 Å². The number of methoxy groups -OCH3 is 3. The van der Waals surface area contributed by atoms with Crippen LogP contribution >= 0.6 is 0 Å². The Labute approximate surface area is 179 Å². The van der Waals surface area contributed by atoms with Gasteiger partial charge in [0.15, 0.2) is 0 Å². The van der Waals surface area contributed by atoms with Crippen LogP contribution in [0.25, 0.3) is 0 Å². The summed E-state index contributed by atoms with van der Waals surface area (Å²) in [6, 6.07) is 25.9. The predicted molar refractivity (Wildman–Crippen MR) is 121 cm³/mol. The number of hydrogen-bond donors (Lipinski definition) is 0. The number of ether oxygens (including phenoxy) is 3. The van der Waals surface area contributed by atoms with E-state index in [1.807, 2.05) is 0 Å². The van der Waals surface area contributed by atoms with Crippen LogP contribution in [-0.4, -0.2) is 21.3 Å². The summed E-state index contributed by atoms with van der Waals surface area (Å²) in [6.45, 7) is 0. The molecule has 1 aliphatic carbocycles. The third-order valence-electron chi connectivity index (χ3n) is 6.64. The molecular weight excluding hydrogens is 372 g/mol. The average molecular weight is 403 g/mol. The first kappa shape index (κ1) is 20.3. The molecule has 0 heterocycles. The molecule has 3 aromatic carbocycles. The van der Waals surface area contributed by atoms with Gasteiger partial charge in [-0.15, -0.1) is 0 Å². The maximum absolute atomic E-state index is 5.43. The van der Waals surface area contributed by atoms with E-state index in [1.54, 1.807) is 21.3 Å². The zero-order valence-corrected chi connectivity index (χ0v) is 18.1. The van der Waals surface area contributed by atoms with Gasteiger partial charge in [-0.3, -0.25) is 0 Å². The topological polar surface area (TPSA) is 27.7 Å². The molecule has 0 amide bonds. The van der Waals surface area contributed by atoms with Crippen LogP contribution in [0, 0.1) is 0 Å². The van der Waals surface area contributed by atoms with Gasteiger partial charge in [-0.05, 0) is 71.8 Å². The molecule has 1 aliphatic rings. The van der Waals surface area contributed by atoms with Gasteiger partial charge in [-0.25, -0.2) is 0 Å². The monoisotopic (exact) mass is 402 g/mol. The Kier molecular flexibility index (Phi) is 5.98. The van der Waals surface area contributed by atoms with Crippen LogP contribution in [0.5, 0.6) is 17.2 Å². The lowest BCUT2D eigenvalue weighted by molar-refractivity contribution is 0.294. The lowest BCUT2D eigenvalue weighted by Gasteiger charge is -2.46. The Bertz CT molecular complexity index is 895. The van der Waals surface area contributed by atoms with Crippen molar-refractivity contribution < 1.29 is 14.2 Å². The molecule has 0 N–H and O–H groups in total. The standard InChI is InChI=1S/C27H30O3/c1-28-23-13-7-20(8-14-23)26-6-4-5-19-27(26,21-9-15-24(29-2)16-10-21)22-11-17-25(30-3)18-12-22/h7-18,26H,4-6,19H2,1-3H3. The lowest BCUT2D eigenvalue weighted by atomic mass is 9.57. The molecule has 0 radical (unpaired) electrons. The minimum atomic E-state index is -0.0919. The summed E-state index contributed by atoms with van der Waals surface area (Å²) in [4.78, 5) is 0. The maximum atomic E-state index is 5.43. The van der Waals surface area contributed by atoms with Crippen LogP contribution in [0.4, 0.5) is 0 Å². The van der Waals surface area contributed by atoms with Gasteiger partial charge in [0.1, 0.15) is 17.2 Å². The SMILES string of the molecule is COc1ccc(C2CCCCC2(c2ccc(OC)cc2)c2ccc(OC)cc2)cc1. The molecule has 30 heavy (non-hydrogen) atoms. The molecule has 1 atom stereocenters. The van der Waals surface area contributed by atoms with Gasteiger partial charge in [0.05, 0.1) is 21.3 Å². The molecule has 4 rings (SSSR count). The maximum Gasteiger partial charge on any atom is 0.118 e. The third kappa shape index (κ3) is 3.65. The fraction of sp³-hybridized carbons (Fsp3) is 0.333. The molecule has 1 fully saturated rings. The molecule has 3 nitrogen and oxygen atoms in total. The van der Waals surface area contributed by atoms with E-state index in [1.165, 1.54) is 29.5 Å².